The Hall–Kier alpha value is -3.75. The van der Waals surface area contributed by atoms with Crippen molar-refractivity contribution in [2.24, 2.45) is 0 Å². The fraction of sp³-hybridized carbons (Fsp3) is 0.167. The molecule has 1 aromatic carbocycles. The molecule has 0 spiro atoms. The zero-order valence-electron chi connectivity index (χ0n) is 14.6. The van der Waals surface area contributed by atoms with Crippen LogP contribution in [0.15, 0.2) is 36.5 Å². The van der Waals surface area contributed by atoms with Gasteiger partial charge in [0.15, 0.2) is 5.69 Å². The van der Waals surface area contributed by atoms with E-state index in [4.69, 9.17) is 0 Å². The molecule has 0 aromatic heterocycles. The van der Waals surface area contributed by atoms with Crippen molar-refractivity contribution >= 4 is 17.6 Å². The number of hydrogen-bond donors (Lipinski definition) is 2. The van der Waals surface area contributed by atoms with Crippen molar-refractivity contribution in [3.63, 3.8) is 0 Å². The zero-order chi connectivity index (χ0) is 19.6. The third kappa shape index (κ3) is 3.76. The lowest BCUT2D eigenvalue weighted by Gasteiger charge is -2.09. The summed E-state index contributed by atoms with van der Waals surface area (Å²) in [5.74, 6) is -0.414. The van der Waals surface area contributed by atoms with Gasteiger partial charge in [0, 0.05) is 36.0 Å². The summed E-state index contributed by atoms with van der Waals surface area (Å²) in [6.45, 7) is 1.91. The molecule has 2 heterocycles. The predicted octanol–water partition coefficient (Wildman–Crippen LogP) is 2.45. The number of nitrogens with zero attached hydrogens (tertiary/aromatic N) is 2. The number of carbonyl (C=O) groups is 2. The molecule has 0 saturated heterocycles. The number of benzene rings is 1. The number of fused-ring (bicyclic) bond motifs is 1. The van der Waals surface area contributed by atoms with Gasteiger partial charge in [-0.3, -0.25) is 14.9 Å². The van der Waals surface area contributed by atoms with Crippen molar-refractivity contribution in [3.05, 3.63) is 69.0 Å². The Morgan fingerprint density at radius 2 is 2.07 bits per heavy atom. The van der Waals surface area contributed by atoms with E-state index in [-0.39, 0.29) is 23.5 Å². The number of H-pyrrole nitrogens is 1. The molecule has 2 N–H and O–H groups in total. The predicted molar refractivity (Wildman–Crippen MR) is 95.6 cm³/mol. The number of nitrogens with one attached hydrogen (secondary N) is 2. The van der Waals surface area contributed by atoms with E-state index in [1.807, 2.05) is 0 Å². The van der Waals surface area contributed by atoms with E-state index < -0.39 is 16.8 Å². The number of non-ortho nitro benzene ring substituents is 1. The molecule has 0 atom stereocenters. The molecule has 1 amide bonds. The van der Waals surface area contributed by atoms with Crippen LogP contribution in [0, 0.1) is 17.0 Å². The molecule has 27 heavy (non-hydrogen) atoms. The number of aromatic amines is 1. The van der Waals surface area contributed by atoms with Gasteiger partial charge in [0.25, 0.3) is 11.6 Å². The van der Waals surface area contributed by atoms with E-state index in [9.17, 15) is 19.7 Å². The van der Waals surface area contributed by atoms with Crippen LogP contribution in [0.1, 0.15) is 32.0 Å². The van der Waals surface area contributed by atoms with Gasteiger partial charge in [-0.2, -0.15) is 0 Å². The van der Waals surface area contributed by atoms with E-state index >= 15 is 0 Å². The average molecular weight is 368 g/mol. The molecule has 0 unspecified atom stereocenters. The number of amides is 1. The minimum absolute atomic E-state index is 0.140. The molecule has 9 heteroatoms. The fourth-order valence-corrected chi connectivity index (χ4v) is 2.62. The van der Waals surface area contributed by atoms with E-state index in [1.165, 1.54) is 25.3 Å². The van der Waals surface area contributed by atoms with Crippen LogP contribution in [0.3, 0.4) is 0 Å². The first kappa shape index (κ1) is 18.1. The lowest BCUT2D eigenvalue weighted by molar-refractivity contribution is -0.384. The summed E-state index contributed by atoms with van der Waals surface area (Å²) in [6, 6.07) is 7.52. The molecule has 138 valence electrons. The van der Waals surface area contributed by atoms with Gasteiger partial charge in [0.1, 0.15) is 5.82 Å². The summed E-state index contributed by atoms with van der Waals surface area (Å²) in [4.78, 5) is 41.4. The van der Waals surface area contributed by atoms with Gasteiger partial charge in [-0.1, -0.05) is 6.07 Å². The van der Waals surface area contributed by atoms with E-state index in [0.717, 1.165) is 5.56 Å². The second kappa shape index (κ2) is 7.24. The molecule has 0 fully saturated rings. The van der Waals surface area contributed by atoms with Gasteiger partial charge in [-0.05, 0) is 30.2 Å². The van der Waals surface area contributed by atoms with Gasteiger partial charge >= 0.3 is 5.97 Å². The number of rotatable bonds is 5. The molecule has 0 bridgehead atoms. The van der Waals surface area contributed by atoms with Crippen molar-refractivity contribution in [2.45, 2.75) is 13.5 Å². The Kier molecular flexibility index (Phi) is 4.84. The molecule has 3 rings (SSSR count). The molecular formula is C18H16N4O5. The number of aromatic nitrogens is 2. The number of methoxy groups -OCH3 is 1. The highest BCUT2D eigenvalue weighted by atomic mass is 16.6. The minimum Gasteiger partial charge on any atom is -0.464 e. The zero-order valence-corrected chi connectivity index (χ0v) is 14.6. The minimum atomic E-state index is -0.541. The number of ether oxygens (including phenoxy) is 1. The SMILES string of the molecule is COC(=O)c1cc2cc(CNC(=O)c3cc([N+](=O)[O-])ccc3C)c[nH]c-2n1. The van der Waals surface area contributed by atoms with Crippen molar-refractivity contribution < 1.29 is 19.2 Å². The Morgan fingerprint density at radius 3 is 2.78 bits per heavy atom. The van der Waals surface area contributed by atoms with Gasteiger partial charge in [0.2, 0.25) is 0 Å². The number of nitro benzene ring substituents is 1. The highest BCUT2D eigenvalue weighted by molar-refractivity contribution is 5.96. The van der Waals surface area contributed by atoms with Gasteiger partial charge in [-0.25, -0.2) is 9.78 Å². The summed E-state index contributed by atoms with van der Waals surface area (Å²) in [5.41, 5.74) is 2.40. The van der Waals surface area contributed by atoms with Crippen LogP contribution in [0.4, 0.5) is 5.69 Å². The summed E-state index contributed by atoms with van der Waals surface area (Å²) in [7, 11) is 1.28. The highest BCUT2D eigenvalue weighted by Crippen LogP contribution is 2.22. The van der Waals surface area contributed by atoms with Gasteiger partial charge < -0.3 is 15.0 Å². The third-order valence-electron chi connectivity index (χ3n) is 4.06. The molecule has 1 aromatic rings. The Morgan fingerprint density at radius 1 is 1.30 bits per heavy atom. The number of nitro groups is 1. The molecule has 0 radical (unpaired) electrons. The van der Waals surface area contributed by atoms with Crippen molar-refractivity contribution in [1.82, 2.24) is 15.3 Å². The Bertz CT molecular complexity index is 1010. The topological polar surface area (TPSA) is 127 Å². The summed E-state index contributed by atoms with van der Waals surface area (Å²) >= 11 is 0. The van der Waals surface area contributed by atoms with Crippen LogP contribution in [-0.2, 0) is 11.3 Å². The van der Waals surface area contributed by atoms with E-state index in [0.29, 0.717) is 17.0 Å². The Balaban J connectivity index is 1.76. The smallest absolute Gasteiger partial charge is 0.356 e. The van der Waals surface area contributed by atoms with Crippen LogP contribution in [0.2, 0.25) is 0 Å². The molecular weight excluding hydrogens is 352 g/mol. The van der Waals surface area contributed by atoms with Crippen molar-refractivity contribution in [1.29, 1.82) is 0 Å². The Labute approximate surface area is 153 Å². The van der Waals surface area contributed by atoms with Crippen LogP contribution >= 0.6 is 0 Å². The van der Waals surface area contributed by atoms with Gasteiger partial charge in [0.05, 0.1) is 12.0 Å². The maximum Gasteiger partial charge on any atom is 0.356 e. The number of aryl methyl sites for hydroxylation is 1. The molecule has 2 aliphatic rings. The van der Waals surface area contributed by atoms with E-state index in [1.54, 1.807) is 25.3 Å². The van der Waals surface area contributed by atoms with Crippen molar-refractivity contribution in [2.75, 3.05) is 7.11 Å². The molecule has 0 aliphatic carbocycles. The van der Waals surface area contributed by atoms with Crippen LogP contribution in [0.25, 0.3) is 11.4 Å². The van der Waals surface area contributed by atoms with E-state index in [2.05, 4.69) is 20.0 Å². The highest BCUT2D eigenvalue weighted by Gasteiger charge is 2.17. The first-order valence-electron chi connectivity index (χ1n) is 7.98. The number of hydrogen-bond acceptors (Lipinski definition) is 6. The van der Waals surface area contributed by atoms with Crippen molar-refractivity contribution in [3.8, 4) is 11.4 Å². The first-order chi connectivity index (χ1) is 12.9. The average Bonchev–Trinajstić information content (AvgIpc) is 3.09. The second-order valence-electron chi connectivity index (χ2n) is 5.88. The second-order valence-corrected chi connectivity index (χ2v) is 5.88. The summed E-state index contributed by atoms with van der Waals surface area (Å²) in [5, 5.41) is 13.6. The monoisotopic (exact) mass is 368 g/mol. The maximum absolute atomic E-state index is 12.4. The number of carbonyl (C=O) groups excluding carboxylic acids is 2. The van der Waals surface area contributed by atoms with Crippen LogP contribution < -0.4 is 5.32 Å². The first-order valence-corrected chi connectivity index (χ1v) is 7.98. The van der Waals surface area contributed by atoms with Crippen LogP contribution in [0.5, 0.6) is 0 Å². The lowest BCUT2D eigenvalue weighted by atomic mass is 10.1. The fourth-order valence-electron chi connectivity index (χ4n) is 2.62. The molecule has 0 saturated carbocycles. The maximum atomic E-state index is 12.4. The lowest BCUT2D eigenvalue weighted by Crippen LogP contribution is -2.23. The van der Waals surface area contributed by atoms with Gasteiger partial charge in [-0.15, -0.1) is 0 Å². The van der Waals surface area contributed by atoms with Crippen LogP contribution in [-0.4, -0.2) is 33.9 Å². The quantitative estimate of drug-likeness (QED) is 0.404. The largest absolute Gasteiger partial charge is 0.464 e. The summed E-state index contributed by atoms with van der Waals surface area (Å²) in [6.07, 6.45) is 1.66. The third-order valence-corrected chi connectivity index (χ3v) is 4.06. The summed E-state index contributed by atoms with van der Waals surface area (Å²) < 4.78 is 4.64. The number of pyridine rings is 1. The number of esters is 1. The normalized spacial score (nSPS) is 10.6. The standard InChI is InChI=1S/C18H16N4O5/c1-10-3-4-13(22(25)26)7-14(10)17(23)20-9-11-5-12-6-15(18(24)27-2)21-16(12)19-8-11/h3-8H,9H2,1-2H3,(H,19,21)(H,20,23). The molecule has 9 nitrogen and oxygen atoms in total. The molecule has 2 aliphatic heterocycles.